The summed E-state index contributed by atoms with van der Waals surface area (Å²) in [5.41, 5.74) is -0.131. The number of nitrogens with zero attached hydrogens (tertiary/aromatic N) is 2. The molecule has 9 nitrogen and oxygen atoms in total. The van der Waals surface area contributed by atoms with Gasteiger partial charge in [0.2, 0.25) is 11.9 Å². The SMILES string of the molecule is CC(=O)Nc1nc2c(c(=O)[nH]1)NCN2CC(O)CO. The molecule has 0 radical (unpaired) electrons. The number of aliphatic hydroxyl groups is 2. The zero-order valence-corrected chi connectivity index (χ0v) is 10.3. The molecule has 104 valence electrons. The maximum absolute atomic E-state index is 11.8. The van der Waals surface area contributed by atoms with Gasteiger partial charge in [-0.05, 0) is 0 Å². The van der Waals surface area contributed by atoms with E-state index in [-0.39, 0.29) is 30.7 Å². The van der Waals surface area contributed by atoms with E-state index in [2.05, 4.69) is 20.6 Å². The first-order valence-corrected chi connectivity index (χ1v) is 5.71. The number of β-amino-alcohol motifs (C(OH)–C–C–N with tert-alkyl or cyclic N) is 1. The van der Waals surface area contributed by atoms with E-state index in [1.54, 1.807) is 4.90 Å². The van der Waals surface area contributed by atoms with Gasteiger partial charge in [-0.3, -0.25) is 19.9 Å². The third kappa shape index (κ3) is 2.83. The second kappa shape index (κ2) is 5.24. The number of hydrogen-bond acceptors (Lipinski definition) is 7. The second-order valence-corrected chi connectivity index (χ2v) is 4.19. The Morgan fingerprint density at radius 1 is 1.63 bits per heavy atom. The molecular weight excluding hydrogens is 254 g/mol. The molecule has 0 aromatic carbocycles. The Balaban J connectivity index is 2.29. The van der Waals surface area contributed by atoms with Crippen LogP contribution in [0.3, 0.4) is 0 Å². The third-order valence-electron chi connectivity index (χ3n) is 2.58. The van der Waals surface area contributed by atoms with Crippen molar-refractivity contribution in [1.82, 2.24) is 9.97 Å². The summed E-state index contributed by atoms with van der Waals surface area (Å²) in [6, 6.07) is 0. The lowest BCUT2D eigenvalue weighted by molar-refractivity contribution is -0.114. The van der Waals surface area contributed by atoms with Crippen LogP contribution in [0.5, 0.6) is 0 Å². The molecule has 1 aromatic heterocycles. The van der Waals surface area contributed by atoms with Gasteiger partial charge in [0.25, 0.3) is 5.56 Å². The smallest absolute Gasteiger partial charge is 0.277 e. The summed E-state index contributed by atoms with van der Waals surface area (Å²) >= 11 is 0. The van der Waals surface area contributed by atoms with Crippen molar-refractivity contribution >= 4 is 23.4 Å². The standard InChI is InChI=1S/C10H15N5O4/c1-5(17)12-10-13-8-7(9(19)14-10)11-4-15(8)2-6(18)3-16/h6,11,16,18H,2-4H2,1H3,(H2,12,13,14,17,19). The summed E-state index contributed by atoms with van der Waals surface area (Å²) < 4.78 is 0. The minimum atomic E-state index is -0.932. The molecule has 2 heterocycles. The van der Waals surface area contributed by atoms with Crippen molar-refractivity contribution < 1.29 is 15.0 Å². The molecule has 2 rings (SSSR count). The Morgan fingerprint density at radius 3 is 3.00 bits per heavy atom. The van der Waals surface area contributed by atoms with Crippen LogP contribution in [0.1, 0.15) is 6.92 Å². The van der Waals surface area contributed by atoms with E-state index < -0.39 is 11.7 Å². The molecule has 1 aromatic rings. The molecule has 0 saturated carbocycles. The maximum atomic E-state index is 11.8. The van der Waals surface area contributed by atoms with E-state index in [1.165, 1.54) is 6.92 Å². The van der Waals surface area contributed by atoms with Crippen molar-refractivity contribution in [3.8, 4) is 0 Å². The van der Waals surface area contributed by atoms with Crippen molar-refractivity contribution in [2.45, 2.75) is 13.0 Å². The Bertz CT molecular complexity index is 543. The molecule has 1 atom stereocenters. The van der Waals surface area contributed by atoms with Crippen LogP contribution in [0.4, 0.5) is 17.5 Å². The molecular formula is C10H15N5O4. The highest BCUT2D eigenvalue weighted by molar-refractivity contribution is 5.87. The number of rotatable bonds is 4. The van der Waals surface area contributed by atoms with Gasteiger partial charge in [0.1, 0.15) is 5.69 Å². The van der Waals surface area contributed by atoms with Gasteiger partial charge < -0.3 is 20.4 Å². The maximum Gasteiger partial charge on any atom is 0.277 e. The topological polar surface area (TPSA) is 131 Å². The predicted molar refractivity (Wildman–Crippen MR) is 68.1 cm³/mol. The van der Waals surface area contributed by atoms with Crippen LogP contribution >= 0.6 is 0 Å². The minimum Gasteiger partial charge on any atom is -0.394 e. The molecule has 1 unspecified atom stereocenters. The van der Waals surface area contributed by atoms with Gasteiger partial charge in [-0.15, -0.1) is 0 Å². The van der Waals surface area contributed by atoms with Gasteiger partial charge in [0, 0.05) is 13.5 Å². The number of carbonyl (C=O) groups is 1. The zero-order chi connectivity index (χ0) is 14.0. The average molecular weight is 269 g/mol. The van der Waals surface area contributed by atoms with Crippen LogP contribution in [-0.4, -0.2) is 52.0 Å². The fourth-order valence-corrected chi connectivity index (χ4v) is 1.79. The van der Waals surface area contributed by atoms with Crippen LogP contribution in [0.25, 0.3) is 0 Å². The van der Waals surface area contributed by atoms with Crippen molar-refractivity contribution in [3.05, 3.63) is 10.4 Å². The van der Waals surface area contributed by atoms with Crippen molar-refractivity contribution in [2.75, 3.05) is 35.4 Å². The summed E-state index contributed by atoms with van der Waals surface area (Å²) in [4.78, 5) is 30.9. The number of amides is 1. The Morgan fingerprint density at radius 2 is 2.37 bits per heavy atom. The largest absolute Gasteiger partial charge is 0.394 e. The van der Waals surface area contributed by atoms with E-state index in [0.29, 0.717) is 12.5 Å². The molecule has 5 N–H and O–H groups in total. The Labute approximate surface area is 108 Å². The lowest BCUT2D eigenvalue weighted by atomic mass is 10.3. The molecule has 0 spiro atoms. The number of aliphatic hydroxyl groups excluding tert-OH is 2. The molecule has 0 bridgehead atoms. The number of anilines is 3. The third-order valence-corrected chi connectivity index (χ3v) is 2.58. The summed E-state index contributed by atoms with van der Waals surface area (Å²) in [5.74, 6) is 0.0273. The van der Waals surface area contributed by atoms with E-state index in [0.717, 1.165) is 0 Å². The predicted octanol–water partition coefficient (Wildman–Crippen LogP) is -1.73. The van der Waals surface area contributed by atoms with Gasteiger partial charge >= 0.3 is 0 Å². The molecule has 19 heavy (non-hydrogen) atoms. The van der Waals surface area contributed by atoms with Crippen LogP contribution in [0.15, 0.2) is 4.79 Å². The number of H-pyrrole nitrogens is 1. The van der Waals surface area contributed by atoms with E-state index in [9.17, 15) is 14.7 Å². The van der Waals surface area contributed by atoms with Crippen LogP contribution in [0.2, 0.25) is 0 Å². The summed E-state index contributed by atoms with van der Waals surface area (Å²) in [6.07, 6.45) is -0.932. The second-order valence-electron chi connectivity index (χ2n) is 4.19. The van der Waals surface area contributed by atoms with Crippen molar-refractivity contribution in [3.63, 3.8) is 0 Å². The van der Waals surface area contributed by atoms with Crippen molar-refractivity contribution in [2.24, 2.45) is 0 Å². The van der Waals surface area contributed by atoms with Gasteiger partial charge in [-0.2, -0.15) is 4.98 Å². The summed E-state index contributed by atoms with van der Waals surface area (Å²) in [6.45, 7) is 1.35. The molecule has 1 amide bonds. The highest BCUT2D eigenvalue weighted by Gasteiger charge is 2.25. The summed E-state index contributed by atoms with van der Waals surface area (Å²) in [5, 5.41) is 23.5. The number of fused-ring (bicyclic) bond motifs is 1. The Kier molecular flexibility index (Phi) is 3.67. The van der Waals surface area contributed by atoms with E-state index in [4.69, 9.17) is 5.11 Å². The van der Waals surface area contributed by atoms with Gasteiger partial charge in [-0.25, -0.2) is 0 Å². The van der Waals surface area contributed by atoms with Gasteiger partial charge in [0.05, 0.1) is 19.4 Å². The molecule has 0 aliphatic carbocycles. The minimum absolute atomic E-state index is 0.0449. The normalized spacial score (nSPS) is 14.8. The lowest BCUT2D eigenvalue weighted by Crippen LogP contribution is -2.34. The summed E-state index contributed by atoms with van der Waals surface area (Å²) in [7, 11) is 0. The highest BCUT2D eigenvalue weighted by atomic mass is 16.3. The monoisotopic (exact) mass is 269 g/mol. The van der Waals surface area contributed by atoms with E-state index in [1.807, 2.05) is 0 Å². The number of nitrogens with one attached hydrogen (secondary N) is 3. The molecule has 1 aliphatic heterocycles. The quantitative estimate of drug-likeness (QED) is 0.439. The number of aromatic nitrogens is 2. The van der Waals surface area contributed by atoms with Crippen LogP contribution < -0.4 is 21.1 Å². The van der Waals surface area contributed by atoms with Crippen LogP contribution in [0, 0.1) is 0 Å². The fraction of sp³-hybridized carbons (Fsp3) is 0.500. The first kappa shape index (κ1) is 13.3. The van der Waals surface area contributed by atoms with Crippen molar-refractivity contribution in [1.29, 1.82) is 0 Å². The molecule has 0 fully saturated rings. The van der Waals surface area contributed by atoms with Gasteiger partial charge in [-0.1, -0.05) is 0 Å². The number of carbonyl (C=O) groups excluding carboxylic acids is 1. The number of hydrogen-bond donors (Lipinski definition) is 5. The molecule has 0 saturated heterocycles. The highest BCUT2D eigenvalue weighted by Crippen LogP contribution is 2.25. The lowest BCUT2D eigenvalue weighted by Gasteiger charge is -2.19. The Hall–Kier alpha value is -2.13. The van der Waals surface area contributed by atoms with Gasteiger partial charge in [0.15, 0.2) is 5.82 Å². The number of aromatic amines is 1. The average Bonchev–Trinajstić information content (AvgIpc) is 2.72. The zero-order valence-electron chi connectivity index (χ0n) is 10.3. The van der Waals surface area contributed by atoms with Crippen LogP contribution in [-0.2, 0) is 4.79 Å². The van der Waals surface area contributed by atoms with E-state index >= 15 is 0 Å². The first-order chi connectivity index (χ1) is 9.01. The molecule has 9 heteroatoms. The first-order valence-electron chi connectivity index (χ1n) is 5.71. The molecule has 1 aliphatic rings. The fourth-order valence-electron chi connectivity index (χ4n) is 1.79.